The molecule has 4 N–H and O–H groups in total. The lowest BCUT2D eigenvalue weighted by molar-refractivity contribution is -0.161. The zero-order valence-electron chi connectivity index (χ0n) is 64.7. The molecule has 0 radical (unpaired) electrons. The van der Waals surface area contributed by atoms with E-state index < -0.39 is 91.5 Å². The summed E-state index contributed by atoms with van der Waals surface area (Å²) in [7, 11) is -9.80. The molecule has 0 saturated heterocycles. The van der Waals surface area contributed by atoms with Crippen LogP contribution in [0.2, 0.25) is 0 Å². The maximum absolute atomic E-state index is 12.9. The van der Waals surface area contributed by atoms with Crippen molar-refractivity contribution in [2.24, 2.45) is 0 Å². The monoisotopic (exact) mass is 1490 g/mol. The molecule has 0 aromatic rings. The summed E-state index contributed by atoms with van der Waals surface area (Å²) in [6.45, 7) is 2.41. The Kier molecular flexibility index (Phi) is 74.1. The molecule has 592 valence electrons. The van der Waals surface area contributed by atoms with E-state index in [1.54, 1.807) is 0 Å². The normalized spacial score (nSPS) is 14.7. The fourth-order valence-electron chi connectivity index (χ4n) is 10.8. The number of phosphoric acid groups is 2. The Morgan fingerprint density at radius 3 is 0.854 bits per heavy atom. The Hall–Kier alpha value is -4.31. The maximum atomic E-state index is 12.9. The van der Waals surface area contributed by atoms with E-state index in [-0.39, 0.29) is 19.3 Å². The topological polar surface area (TPSA) is 231 Å². The molecule has 5 unspecified atom stereocenters. The van der Waals surface area contributed by atoms with Crippen molar-refractivity contribution in [1.29, 1.82) is 0 Å². The van der Waals surface area contributed by atoms with Crippen LogP contribution in [0.5, 0.6) is 0 Å². The average Bonchev–Trinajstić information content (AvgIpc) is 0.915. The molecule has 18 heteroatoms. The maximum Gasteiger partial charge on any atom is 0.472 e. The summed E-state index contributed by atoms with van der Waals surface area (Å²) in [4.78, 5) is 58.6. The predicted molar refractivity (Wildman–Crippen MR) is 426 cm³/mol. The second kappa shape index (κ2) is 77.3. The molecule has 0 aromatic heterocycles. The molecule has 0 aliphatic carbocycles. The zero-order chi connectivity index (χ0) is 75.2. The smallest absolute Gasteiger partial charge is 0.463 e. The van der Waals surface area contributed by atoms with Crippen molar-refractivity contribution in [3.8, 4) is 0 Å². The first kappa shape index (κ1) is 98.7. The second-order valence-electron chi connectivity index (χ2n) is 26.8. The average molecular weight is 1490 g/mol. The van der Waals surface area contributed by atoms with Gasteiger partial charge in [0.15, 0.2) is 6.10 Å². The first-order valence-corrected chi connectivity index (χ1v) is 43.5. The van der Waals surface area contributed by atoms with Crippen LogP contribution in [0, 0.1) is 0 Å². The van der Waals surface area contributed by atoms with Crippen LogP contribution >= 0.6 is 15.6 Å². The summed E-state index contributed by atoms with van der Waals surface area (Å²) < 4.78 is 61.1. The summed E-state index contributed by atoms with van der Waals surface area (Å²) in [5, 5.41) is 20.6. The Morgan fingerprint density at radius 1 is 0.282 bits per heavy atom. The van der Waals surface area contributed by atoms with Crippen molar-refractivity contribution in [1.82, 2.24) is 0 Å². The highest BCUT2D eigenvalue weighted by Crippen LogP contribution is 2.45. The van der Waals surface area contributed by atoms with Crippen molar-refractivity contribution in [2.45, 2.75) is 347 Å². The summed E-state index contributed by atoms with van der Waals surface area (Å²) in [6, 6.07) is 0. The lowest BCUT2D eigenvalue weighted by atomic mass is 10.0. The van der Waals surface area contributed by atoms with Gasteiger partial charge in [0.2, 0.25) is 0 Å². The summed E-state index contributed by atoms with van der Waals surface area (Å²) in [5.41, 5.74) is 0. The van der Waals surface area contributed by atoms with Crippen LogP contribution in [-0.4, -0.2) is 95.9 Å². The highest BCUT2D eigenvalue weighted by Gasteiger charge is 2.29. The highest BCUT2D eigenvalue weighted by molar-refractivity contribution is 7.47. The first-order chi connectivity index (χ1) is 50.2. The van der Waals surface area contributed by atoms with Crippen LogP contribution < -0.4 is 0 Å². The number of carbonyl (C=O) groups excluding carboxylic acids is 3. The van der Waals surface area contributed by atoms with E-state index in [1.165, 1.54) is 148 Å². The van der Waals surface area contributed by atoms with E-state index in [0.29, 0.717) is 25.7 Å². The van der Waals surface area contributed by atoms with Crippen molar-refractivity contribution >= 4 is 33.6 Å². The van der Waals surface area contributed by atoms with Gasteiger partial charge in [0.1, 0.15) is 25.4 Å². The van der Waals surface area contributed by atoms with Crippen molar-refractivity contribution < 1.29 is 75.8 Å². The number of aliphatic hydroxyl groups is 2. The molecule has 16 nitrogen and oxygen atoms in total. The summed E-state index contributed by atoms with van der Waals surface area (Å²) in [6.07, 6.45) is 93.9. The number of carbonyl (C=O) groups is 3. The Labute approximate surface area is 626 Å². The quantitative estimate of drug-likeness (QED) is 0.0146. The van der Waals surface area contributed by atoms with E-state index in [4.69, 9.17) is 32.3 Å². The van der Waals surface area contributed by atoms with E-state index in [9.17, 15) is 43.5 Å². The molecule has 0 heterocycles. The minimum Gasteiger partial charge on any atom is -0.463 e. The molecule has 0 aliphatic heterocycles. The van der Waals surface area contributed by atoms with Gasteiger partial charge in [-0.2, -0.15) is 0 Å². The van der Waals surface area contributed by atoms with E-state index in [1.807, 2.05) is 12.2 Å². The SMILES string of the molecule is CC/C=C\C/C=C\C/C=C\C/C=C\C/C=C\C/C=C\CCCCCCCCCCCCCCCCCCC(=O)OCC(O)COP(=O)(O)OCC(O)COP(=O)(O)OCC(COC(=O)CCC/C=C\C/C=C\C/C=C\C/C=C\C/C=C\CC)OC(=O)CCCCCCCCCCCCCCCCC. The number of hydrogen-bond donors (Lipinski definition) is 4. The van der Waals surface area contributed by atoms with Crippen LogP contribution in [0.1, 0.15) is 329 Å². The third-order valence-electron chi connectivity index (χ3n) is 16.9. The number of esters is 3. The van der Waals surface area contributed by atoms with Gasteiger partial charge in [-0.25, -0.2) is 9.13 Å². The van der Waals surface area contributed by atoms with Crippen LogP contribution in [-0.2, 0) is 55.8 Å². The molecule has 0 fully saturated rings. The highest BCUT2D eigenvalue weighted by atomic mass is 31.2. The third kappa shape index (κ3) is 78.6. The second-order valence-corrected chi connectivity index (χ2v) is 29.7. The molecule has 0 saturated carbocycles. The Bertz CT molecular complexity index is 2410. The van der Waals surface area contributed by atoms with E-state index in [0.717, 1.165) is 116 Å². The fourth-order valence-corrected chi connectivity index (χ4v) is 12.4. The third-order valence-corrected chi connectivity index (χ3v) is 18.8. The van der Waals surface area contributed by atoms with Gasteiger partial charge in [-0.05, 0) is 109 Å². The van der Waals surface area contributed by atoms with Gasteiger partial charge in [-0.3, -0.25) is 32.5 Å². The van der Waals surface area contributed by atoms with Gasteiger partial charge in [-0.1, -0.05) is 334 Å². The zero-order valence-corrected chi connectivity index (χ0v) is 66.5. The van der Waals surface area contributed by atoms with Gasteiger partial charge in [0.25, 0.3) is 0 Å². The van der Waals surface area contributed by atoms with E-state index >= 15 is 0 Å². The van der Waals surface area contributed by atoms with Gasteiger partial charge < -0.3 is 34.2 Å². The Morgan fingerprint density at radius 2 is 0.524 bits per heavy atom. The molecule has 0 rings (SSSR count). The minimum atomic E-state index is -4.94. The van der Waals surface area contributed by atoms with Crippen LogP contribution in [0.4, 0.5) is 0 Å². The van der Waals surface area contributed by atoms with Crippen LogP contribution in [0.25, 0.3) is 0 Å². The van der Waals surface area contributed by atoms with Gasteiger partial charge in [-0.15, -0.1) is 0 Å². The molecular weight excluding hydrogens is 1340 g/mol. The van der Waals surface area contributed by atoms with Gasteiger partial charge in [0.05, 0.1) is 26.4 Å². The van der Waals surface area contributed by atoms with Crippen LogP contribution in [0.3, 0.4) is 0 Å². The molecule has 5 atom stereocenters. The summed E-state index contributed by atoms with van der Waals surface area (Å²) in [5.74, 6) is -1.63. The van der Waals surface area contributed by atoms with E-state index in [2.05, 4.69) is 142 Å². The largest absolute Gasteiger partial charge is 0.472 e. The molecule has 0 amide bonds. The molecule has 0 aliphatic rings. The number of hydrogen-bond acceptors (Lipinski definition) is 14. The van der Waals surface area contributed by atoms with Crippen molar-refractivity contribution in [3.63, 3.8) is 0 Å². The van der Waals surface area contributed by atoms with Crippen molar-refractivity contribution in [3.05, 3.63) is 134 Å². The summed E-state index contributed by atoms with van der Waals surface area (Å²) >= 11 is 0. The minimum absolute atomic E-state index is 0.0926. The molecule has 0 aromatic carbocycles. The fraction of sp³-hybridized carbons (Fsp3) is 0.706. The standard InChI is InChI=1S/C85H146O16P2/c1-4-7-10-13-16-19-22-25-28-30-31-32-33-34-35-36-37-38-39-40-41-42-43-44-45-46-47-49-52-53-56-59-62-65-68-71-83(88)95-74-80(86)75-97-102(91,92)98-76-81(87)77-99-103(93,94)100-79-82(101-85(90)73-70-67-64-61-58-55-50-27-24-21-18-15-12-9-6-3)78-96-84(89)72-69-66-63-60-57-54-51-48-29-26-23-20-17-14-11-8-5-2/h7-8,10-11,16-17,19-20,25-26,28-29,31-32,34-35,37-38,51,54,60,63,80-82,86-87H,4-6,9,12-15,18,21-24,27,30,33,36,39-50,52-53,55-59,61-62,64-79H2,1-3H3,(H,91,92)(H,93,94)/b10-7-,11-8-,19-16-,20-17-,28-25-,29-26-,32-31-,35-34-,38-37-,54-51-,63-60-. The van der Waals surface area contributed by atoms with Gasteiger partial charge in [0, 0.05) is 19.3 Å². The predicted octanol–water partition coefficient (Wildman–Crippen LogP) is 23.9. The lowest BCUT2D eigenvalue weighted by Gasteiger charge is -2.21. The number of unbranched alkanes of at least 4 members (excludes halogenated alkanes) is 31. The van der Waals surface area contributed by atoms with Crippen molar-refractivity contribution in [2.75, 3.05) is 39.6 Å². The number of allylic oxidation sites excluding steroid dienone is 22. The molecule has 103 heavy (non-hydrogen) atoms. The van der Waals surface area contributed by atoms with Gasteiger partial charge >= 0.3 is 33.6 Å². The molecule has 0 bridgehead atoms. The first-order valence-electron chi connectivity index (χ1n) is 40.5. The number of ether oxygens (including phenoxy) is 3. The molecular formula is C85H146O16P2. The Balaban J connectivity index is 4.41. The number of aliphatic hydroxyl groups excluding tert-OH is 2. The number of phosphoric ester groups is 2. The number of rotatable bonds is 76. The van der Waals surface area contributed by atoms with Crippen LogP contribution in [0.15, 0.2) is 134 Å². The lowest BCUT2D eigenvalue weighted by Crippen LogP contribution is -2.30. The molecule has 0 spiro atoms.